The number of nitrogens with zero attached hydrogens (tertiary/aromatic N) is 1. The summed E-state index contributed by atoms with van der Waals surface area (Å²) in [6.45, 7) is 1.91. The van der Waals surface area contributed by atoms with Crippen LogP contribution in [0.4, 0.5) is 0 Å². The summed E-state index contributed by atoms with van der Waals surface area (Å²) >= 11 is 5.70. The molecule has 17 heavy (non-hydrogen) atoms. The van der Waals surface area contributed by atoms with E-state index in [2.05, 4.69) is 0 Å². The van der Waals surface area contributed by atoms with E-state index in [1.54, 1.807) is 6.92 Å². The Morgan fingerprint density at radius 3 is 2.35 bits per heavy atom. The first-order valence-corrected chi connectivity index (χ1v) is 7.06. The zero-order chi connectivity index (χ0) is 13.1. The van der Waals surface area contributed by atoms with Crippen molar-refractivity contribution in [3.05, 3.63) is 29.3 Å². The number of aliphatic hydroxyl groups excluding tert-OH is 1. The van der Waals surface area contributed by atoms with Gasteiger partial charge in [0.1, 0.15) is 0 Å². The Kier molecular flexibility index (Phi) is 4.94. The zero-order valence-electron chi connectivity index (χ0n) is 9.80. The Balaban J connectivity index is 2.84. The summed E-state index contributed by atoms with van der Waals surface area (Å²) in [6, 6.07) is 6.01. The van der Waals surface area contributed by atoms with E-state index in [9.17, 15) is 8.42 Å². The number of hydrogen-bond donors (Lipinski definition) is 1. The second kappa shape index (κ2) is 5.82. The highest BCUT2D eigenvalue weighted by molar-refractivity contribution is 7.89. The third-order valence-electron chi connectivity index (χ3n) is 2.38. The first-order chi connectivity index (χ1) is 7.84. The van der Waals surface area contributed by atoms with Gasteiger partial charge in [-0.1, -0.05) is 11.6 Å². The molecule has 0 saturated carbocycles. The standard InChI is InChI=1S/C11H16ClNO3S/c1-9(14)7-8-13(2)17(15,16)11-5-3-10(12)4-6-11/h3-6,9,14H,7-8H2,1-2H3. The van der Waals surface area contributed by atoms with E-state index in [1.165, 1.54) is 35.6 Å². The van der Waals surface area contributed by atoms with Gasteiger partial charge in [-0.3, -0.25) is 0 Å². The number of hydrogen-bond acceptors (Lipinski definition) is 3. The number of halogens is 1. The first kappa shape index (κ1) is 14.4. The second-order valence-corrected chi connectivity index (χ2v) is 6.40. The predicted octanol–water partition coefficient (Wildman–Crippen LogP) is 1.73. The van der Waals surface area contributed by atoms with E-state index in [4.69, 9.17) is 16.7 Å². The fourth-order valence-electron chi connectivity index (χ4n) is 1.28. The average Bonchev–Trinajstić information content (AvgIpc) is 2.26. The molecule has 1 atom stereocenters. The number of aliphatic hydroxyl groups is 1. The smallest absolute Gasteiger partial charge is 0.242 e. The average molecular weight is 278 g/mol. The zero-order valence-corrected chi connectivity index (χ0v) is 11.4. The molecule has 0 radical (unpaired) electrons. The lowest BCUT2D eigenvalue weighted by molar-refractivity contribution is 0.177. The van der Waals surface area contributed by atoms with Crippen LogP contribution in [0.2, 0.25) is 5.02 Å². The maximum atomic E-state index is 12.1. The first-order valence-electron chi connectivity index (χ1n) is 5.24. The van der Waals surface area contributed by atoms with Gasteiger partial charge in [0.15, 0.2) is 0 Å². The Bertz CT molecular complexity index is 456. The summed E-state index contributed by atoms with van der Waals surface area (Å²) in [4.78, 5) is 0.204. The number of rotatable bonds is 5. The SMILES string of the molecule is CC(O)CCN(C)S(=O)(=O)c1ccc(Cl)cc1. The van der Waals surface area contributed by atoms with Crippen molar-refractivity contribution in [3.8, 4) is 0 Å². The third kappa shape index (κ3) is 3.96. The minimum Gasteiger partial charge on any atom is -0.393 e. The Morgan fingerprint density at radius 2 is 1.88 bits per heavy atom. The molecule has 4 nitrogen and oxygen atoms in total. The maximum Gasteiger partial charge on any atom is 0.242 e. The second-order valence-electron chi connectivity index (χ2n) is 3.92. The third-order valence-corrected chi connectivity index (χ3v) is 4.51. The lowest BCUT2D eigenvalue weighted by Gasteiger charge is -2.17. The lowest BCUT2D eigenvalue weighted by Crippen LogP contribution is -2.29. The van der Waals surface area contributed by atoms with E-state index in [-0.39, 0.29) is 11.4 Å². The van der Waals surface area contributed by atoms with Gasteiger partial charge in [0.05, 0.1) is 11.0 Å². The fourth-order valence-corrected chi connectivity index (χ4v) is 2.59. The van der Waals surface area contributed by atoms with Gasteiger partial charge >= 0.3 is 0 Å². The topological polar surface area (TPSA) is 57.6 Å². The van der Waals surface area contributed by atoms with Gasteiger partial charge in [-0.15, -0.1) is 0 Å². The lowest BCUT2D eigenvalue weighted by atomic mass is 10.3. The van der Waals surface area contributed by atoms with E-state index < -0.39 is 16.1 Å². The summed E-state index contributed by atoms with van der Waals surface area (Å²) < 4.78 is 25.3. The molecule has 0 spiro atoms. The maximum absolute atomic E-state index is 12.1. The number of sulfonamides is 1. The number of benzene rings is 1. The summed E-state index contributed by atoms with van der Waals surface area (Å²) in [7, 11) is -2.00. The van der Waals surface area contributed by atoms with Crippen molar-refractivity contribution in [2.45, 2.75) is 24.3 Å². The Hall–Kier alpha value is -0.620. The predicted molar refractivity (Wildman–Crippen MR) is 67.6 cm³/mol. The molecule has 0 aromatic heterocycles. The highest BCUT2D eigenvalue weighted by Crippen LogP contribution is 2.17. The molecular weight excluding hydrogens is 262 g/mol. The van der Waals surface area contributed by atoms with Crippen LogP contribution < -0.4 is 0 Å². The summed E-state index contributed by atoms with van der Waals surface area (Å²) in [5.74, 6) is 0. The molecule has 0 fully saturated rings. The molecule has 0 amide bonds. The molecule has 0 aliphatic heterocycles. The van der Waals surface area contributed by atoms with Gasteiger partial charge in [-0.2, -0.15) is 0 Å². The van der Waals surface area contributed by atoms with Gasteiger partial charge in [-0.25, -0.2) is 12.7 Å². The van der Waals surface area contributed by atoms with Crippen LogP contribution in [0.1, 0.15) is 13.3 Å². The molecule has 0 heterocycles. The highest BCUT2D eigenvalue weighted by atomic mass is 35.5. The van der Waals surface area contributed by atoms with Gasteiger partial charge in [0.2, 0.25) is 10.0 Å². The molecule has 0 bridgehead atoms. The van der Waals surface area contributed by atoms with Crippen LogP contribution in [0.25, 0.3) is 0 Å². The van der Waals surface area contributed by atoms with Crippen LogP contribution in [0.3, 0.4) is 0 Å². The van der Waals surface area contributed by atoms with Crippen molar-refractivity contribution in [3.63, 3.8) is 0 Å². The van der Waals surface area contributed by atoms with Crippen LogP contribution in [-0.4, -0.2) is 37.5 Å². The van der Waals surface area contributed by atoms with Gasteiger partial charge in [-0.05, 0) is 37.6 Å². The molecular formula is C11H16ClNO3S. The Morgan fingerprint density at radius 1 is 1.35 bits per heavy atom. The molecule has 1 unspecified atom stereocenters. The molecule has 1 aromatic rings. The highest BCUT2D eigenvalue weighted by Gasteiger charge is 2.20. The van der Waals surface area contributed by atoms with Crippen molar-refractivity contribution in [1.29, 1.82) is 0 Å². The summed E-state index contributed by atoms with van der Waals surface area (Å²) in [5.41, 5.74) is 0. The summed E-state index contributed by atoms with van der Waals surface area (Å²) in [5, 5.41) is 9.63. The van der Waals surface area contributed by atoms with Crippen molar-refractivity contribution < 1.29 is 13.5 Å². The minimum absolute atomic E-state index is 0.204. The molecule has 1 rings (SSSR count). The largest absolute Gasteiger partial charge is 0.393 e. The molecule has 1 aromatic carbocycles. The summed E-state index contributed by atoms with van der Waals surface area (Å²) in [6.07, 6.45) is -0.110. The van der Waals surface area contributed by atoms with Crippen molar-refractivity contribution in [1.82, 2.24) is 4.31 Å². The van der Waals surface area contributed by atoms with Crippen LogP contribution in [0, 0.1) is 0 Å². The van der Waals surface area contributed by atoms with Gasteiger partial charge in [0.25, 0.3) is 0 Å². The van der Waals surface area contributed by atoms with Crippen molar-refractivity contribution in [2.75, 3.05) is 13.6 Å². The normalized spacial score (nSPS) is 13.9. The van der Waals surface area contributed by atoms with E-state index in [1.807, 2.05) is 0 Å². The van der Waals surface area contributed by atoms with Crippen LogP contribution >= 0.6 is 11.6 Å². The van der Waals surface area contributed by atoms with Crippen LogP contribution in [0.5, 0.6) is 0 Å². The van der Waals surface area contributed by atoms with E-state index >= 15 is 0 Å². The molecule has 1 N–H and O–H groups in total. The Labute approximate surface area is 107 Å². The fraction of sp³-hybridized carbons (Fsp3) is 0.455. The van der Waals surface area contributed by atoms with Crippen molar-refractivity contribution in [2.24, 2.45) is 0 Å². The molecule has 6 heteroatoms. The molecule has 0 aliphatic rings. The monoisotopic (exact) mass is 277 g/mol. The quantitative estimate of drug-likeness (QED) is 0.892. The van der Waals surface area contributed by atoms with Crippen LogP contribution in [-0.2, 0) is 10.0 Å². The van der Waals surface area contributed by atoms with E-state index in [0.29, 0.717) is 11.4 Å². The van der Waals surface area contributed by atoms with E-state index in [0.717, 1.165) is 0 Å². The molecule has 96 valence electrons. The van der Waals surface area contributed by atoms with Gasteiger partial charge < -0.3 is 5.11 Å². The molecule has 0 aliphatic carbocycles. The van der Waals surface area contributed by atoms with Gasteiger partial charge in [0, 0.05) is 18.6 Å². The molecule has 0 saturated heterocycles. The van der Waals surface area contributed by atoms with Crippen LogP contribution in [0.15, 0.2) is 29.2 Å². The van der Waals surface area contributed by atoms with Crippen molar-refractivity contribution >= 4 is 21.6 Å². The minimum atomic E-state index is -3.49.